The fourth-order valence-corrected chi connectivity index (χ4v) is 5.62. The monoisotopic (exact) mass is 540 g/mol. The summed E-state index contributed by atoms with van der Waals surface area (Å²) in [5.41, 5.74) is 0. The highest BCUT2D eigenvalue weighted by molar-refractivity contribution is 7.91. The fourth-order valence-electron chi connectivity index (χ4n) is 4.03. The van der Waals surface area contributed by atoms with Crippen LogP contribution in [0.15, 0.2) is 0 Å². The molecule has 0 aliphatic rings. The van der Waals surface area contributed by atoms with Crippen LogP contribution in [0.3, 0.4) is 0 Å². The molecule has 0 saturated carbocycles. The van der Waals surface area contributed by atoms with Crippen molar-refractivity contribution in [3.63, 3.8) is 0 Å². The minimum atomic E-state index is -3.42. The first-order valence-corrected chi connectivity index (χ1v) is 17.5. The molecule has 0 amide bonds. The van der Waals surface area contributed by atoms with Crippen LogP contribution in [0.1, 0.15) is 122 Å². The van der Waals surface area contributed by atoms with Gasteiger partial charge in [-0.3, -0.25) is 4.18 Å². The summed E-state index contributed by atoms with van der Waals surface area (Å²) >= 11 is -1.00. The molecule has 6 nitrogen and oxygen atoms in total. The van der Waals surface area contributed by atoms with E-state index >= 15 is 0 Å². The average Bonchev–Trinajstić information content (AvgIpc) is 2.82. The van der Waals surface area contributed by atoms with Gasteiger partial charge >= 0.3 is 0 Å². The Morgan fingerprint density at radius 1 is 0.714 bits per heavy atom. The fraction of sp³-hybridized carbons (Fsp3) is 1.00. The van der Waals surface area contributed by atoms with Crippen LogP contribution in [0.25, 0.3) is 0 Å². The van der Waals surface area contributed by atoms with Gasteiger partial charge in [-0.1, -0.05) is 114 Å². The Kier molecular flexibility index (Phi) is 25.9. The third-order valence-corrected chi connectivity index (χ3v) is 8.29. The molecule has 212 valence electrons. The molecule has 0 aromatic carbocycles. The van der Waals surface area contributed by atoms with Gasteiger partial charge in [-0.05, 0) is 6.42 Å². The first kappa shape index (κ1) is 35.1. The Labute approximate surface area is 220 Å². The number of hydrogen-bond donors (Lipinski definition) is 0. The van der Waals surface area contributed by atoms with E-state index in [-0.39, 0.29) is 12.7 Å². The molecule has 0 N–H and O–H groups in total. The van der Waals surface area contributed by atoms with Crippen LogP contribution in [0.4, 0.5) is 0 Å². The Hall–Kier alpha value is 0.140. The summed E-state index contributed by atoms with van der Waals surface area (Å²) in [7, 11) is -1.76. The minimum absolute atomic E-state index is 0.0488. The lowest BCUT2D eigenvalue weighted by molar-refractivity contribution is 0.00623. The van der Waals surface area contributed by atoms with Gasteiger partial charge < -0.3 is 14.0 Å². The second kappa shape index (κ2) is 25.8. The van der Waals surface area contributed by atoms with E-state index in [1.165, 1.54) is 96.3 Å². The van der Waals surface area contributed by atoms with Crippen LogP contribution < -0.4 is 0 Å². The maximum Gasteiger partial charge on any atom is 0.264 e. The van der Waals surface area contributed by atoms with Crippen LogP contribution in [-0.4, -0.2) is 63.8 Å². The number of methoxy groups -OCH3 is 1. The molecule has 35 heavy (non-hydrogen) atoms. The third kappa shape index (κ3) is 28.6. The lowest BCUT2D eigenvalue weighted by atomic mass is 10.0. The van der Waals surface area contributed by atoms with Crippen molar-refractivity contribution in [1.82, 2.24) is 0 Å². The number of hydrogen-bond acceptors (Lipinski definition) is 6. The molecule has 0 aromatic heterocycles. The van der Waals surface area contributed by atoms with E-state index in [1.807, 2.05) is 0 Å². The molecule has 0 rings (SSSR count). The summed E-state index contributed by atoms with van der Waals surface area (Å²) in [5, 5.41) is 0. The molecular formula is C27H56O6S2. The maximum atomic E-state index is 12.0. The molecule has 0 bridgehead atoms. The van der Waals surface area contributed by atoms with E-state index in [9.17, 15) is 13.0 Å². The van der Waals surface area contributed by atoms with Gasteiger partial charge in [0.05, 0.1) is 25.6 Å². The Morgan fingerprint density at radius 2 is 1.20 bits per heavy atom. The van der Waals surface area contributed by atoms with Crippen molar-refractivity contribution in [2.75, 3.05) is 44.7 Å². The summed E-state index contributed by atoms with van der Waals surface area (Å²) < 4.78 is 49.7. The molecule has 2 unspecified atom stereocenters. The van der Waals surface area contributed by atoms with Crippen molar-refractivity contribution in [1.29, 1.82) is 0 Å². The molecule has 2 atom stereocenters. The first-order chi connectivity index (χ1) is 16.9. The van der Waals surface area contributed by atoms with Gasteiger partial charge in [-0.25, -0.2) is 0 Å². The van der Waals surface area contributed by atoms with Gasteiger partial charge in [-0.2, -0.15) is 8.42 Å². The molecule has 0 aliphatic carbocycles. The van der Waals surface area contributed by atoms with E-state index in [4.69, 9.17) is 9.47 Å². The summed E-state index contributed by atoms with van der Waals surface area (Å²) in [6, 6.07) is 0. The van der Waals surface area contributed by atoms with Crippen molar-refractivity contribution in [3.8, 4) is 0 Å². The number of rotatable bonds is 28. The molecule has 0 spiro atoms. The quantitative estimate of drug-likeness (QED) is 0.0617. The van der Waals surface area contributed by atoms with Crippen molar-refractivity contribution in [2.45, 2.75) is 129 Å². The number of unbranched alkanes of at least 4 members (excludes halogenated alkanes) is 15. The van der Waals surface area contributed by atoms with Crippen molar-refractivity contribution in [2.24, 2.45) is 0 Å². The van der Waals surface area contributed by atoms with Crippen LogP contribution in [0.5, 0.6) is 0 Å². The largest absolute Gasteiger partial charge is 0.616 e. The number of ether oxygens (including phenoxy) is 2. The van der Waals surface area contributed by atoms with E-state index in [0.717, 1.165) is 19.3 Å². The van der Waals surface area contributed by atoms with Crippen molar-refractivity contribution < 1.29 is 26.6 Å². The smallest absolute Gasteiger partial charge is 0.264 e. The highest BCUT2D eigenvalue weighted by Gasteiger charge is 2.14. The second-order valence-electron chi connectivity index (χ2n) is 9.75. The van der Waals surface area contributed by atoms with Crippen molar-refractivity contribution in [3.05, 3.63) is 0 Å². The first-order valence-electron chi connectivity index (χ1n) is 14.2. The zero-order valence-electron chi connectivity index (χ0n) is 23.1. The van der Waals surface area contributed by atoms with Crippen LogP contribution in [0, 0.1) is 0 Å². The van der Waals surface area contributed by atoms with Gasteiger partial charge in [-0.15, -0.1) is 0 Å². The maximum absolute atomic E-state index is 12.0. The normalized spacial score (nSPS) is 13.8. The molecule has 8 heteroatoms. The van der Waals surface area contributed by atoms with Gasteiger partial charge in [0, 0.05) is 26.6 Å². The third-order valence-electron chi connectivity index (χ3n) is 6.26. The standard InChI is InChI=1S/C27H56O6S2/c1-4-5-6-7-8-9-10-11-12-13-14-15-16-17-18-19-22-32-26-27(31-2)21-25-34(28)24-20-23-33-35(3,29)30/h27H,4-26H2,1-3H3. The molecule has 0 fully saturated rings. The molecular weight excluding hydrogens is 484 g/mol. The van der Waals surface area contributed by atoms with Gasteiger partial charge in [0.25, 0.3) is 10.1 Å². The zero-order chi connectivity index (χ0) is 26.0. The van der Waals surface area contributed by atoms with Crippen LogP contribution in [-0.2, 0) is 35.0 Å². The van der Waals surface area contributed by atoms with E-state index in [1.54, 1.807) is 7.11 Å². The Bertz CT molecular complexity index is 530. The predicted molar refractivity (Wildman–Crippen MR) is 149 cm³/mol. The van der Waals surface area contributed by atoms with Crippen LogP contribution in [0.2, 0.25) is 0 Å². The molecule has 0 aliphatic heterocycles. The second-order valence-corrected chi connectivity index (χ2v) is 13.1. The highest BCUT2D eigenvalue weighted by Crippen LogP contribution is 2.14. The van der Waals surface area contributed by atoms with E-state index < -0.39 is 21.3 Å². The Balaban J connectivity index is 3.39. The van der Waals surface area contributed by atoms with Crippen molar-refractivity contribution >= 4 is 21.3 Å². The summed E-state index contributed by atoms with van der Waals surface area (Å²) in [4.78, 5) is 0. The molecule has 0 radical (unpaired) electrons. The van der Waals surface area contributed by atoms with Gasteiger partial charge in [0.1, 0.15) is 11.5 Å². The lowest BCUT2D eigenvalue weighted by Crippen LogP contribution is -2.24. The van der Waals surface area contributed by atoms with Gasteiger partial charge in [0.15, 0.2) is 0 Å². The zero-order valence-corrected chi connectivity index (χ0v) is 24.7. The summed E-state index contributed by atoms with van der Waals surface area (Å²) in [5.74, 6) is 0.964. The SMILES string of the molecule is CCCCCCCCCCCCCCCCCCOCC(CC[S+]([O-])CCCOS(C)(=O)=O)OC. The van der Waals surface area contributed by atoms with Gasteiger partial charge in [0.2, 0.25) is 0 Å². The molecule has 0 heterocycles. The minimum Gasteiger partial charge on any atom is -0.616 e. The van der Waals surface area contributed by atoms with E-state index in [2.05, 4.69) is 11.1 Å². The lowest BCUT2D eigenvalue weighted by Gasteiger charge is -2.17. The highest BCUT2D eigenvalue weighted by atomic mass is 32.2. The summed E-state index contributed by atoms with van der Waals surface area (Å²) in [6.07, 6.45) is 23.9. The predicted octanol–water partition coefficient (Wildman–Crippen LogP) is 6.78. The molecule has 0 saturated heterocycles. The van der Waals surface area contributed by atoms with Crippen LogP contribution >= 0.6 is 0 Å². The average molecular weight is 541 g/mol. The molecule has 0 aromatic rings. The van der Waals surface area contributed by atoms with E-state index in [0.29, 0.717) is 31.0 Å². The Morgan fingerprint density at radius 3 is 1.66 bits per heavy atom. The topological polar surface area (TPSA) is 84.9 Å². The summed E-state index contributed by atoms with van der Waals surface area (Å²) in [6.45, 7) is 3.65.